The van der Waals surface area contributed by atoms with Crippen LogP contribution < -0.4 is 5.32 Å². The topological polar surface area (TPSA) is 46.0 Å². The molecule has 1 aromatic heterocycles. The number of likely N-dealkylation sites (tertiary alicyclic amines) is 1. The van der Waals surface area contributed by atoms with Gasteiger partial charge < -0.3 is 10.2 Å². The van der Waals surface area contributed by atoms with E-state index in [2.05, 4.69) is 51.6 Å². The SMILES string of the molecule is CN1CCCC(Nc2cccc(Cn3cncn3)c2)CC1. The Kier molecular flexibility index (Phi) is 4.50. The van der Waals surface area contributed by atoms with Gasteiger partial charge in [0.05, 0.1) is 6.54 Å². The van der Waals surface area contributed by atoms with Crippen molar-refractivity contribution < 1.29 is 0 Å². The minimum atomic E-state index is 0.580. The van der Waals surface area contributed by atoms with E-state index in [9.17, 15) is 0 Å². The zero-order valence-corrected chi connectivity index (χ0v) is 12.6. The fraction of sp³-hybridized carbons (Fsp3) is 0.500. The molecule has 1 fully saturated rings. The standard InChI is InChI=1S/C16H23N5/c1-20-8-3-6-15(7-9-20)19-16-5-2-4-14(10-16)11-21-13-17-12-18-21/h2,4-5,10,12-13,15,19H,3,6-9,11H2,1H3. The lowest BCUT2D eigenvalue weighted by atomic mass is 10.1. The van der Waals surface area contributed by atoms with Crippen molar-refractivity contribution in [1.29, 1.82) is 0 Å². The molecule has 1 N–H and O–H groups in total. The van der Waals surface area contributed by atoms with E-state index in [-0.39, 0.29) is 0 Å². The first kappa shape index (κ1) is 14.1. The summed E-state index contributed by atoms with van der Waals surface area (Å²) in [5, 5.41) is 7.85. The molecular weight excluding hydrogens is 262 g/mol. The maximum absolute atomic E-state index is 4.16. The zero-order valence-electron chi connectivity index (χ0n) is 12.6. The Morgan fingerprint density at radius 2 is 2.24 bits per heavy atom. The molecule has 0 radical (unpaired) electrons. The predicted octanol–water partition coefficient (Wildman–Crippen LogP) is 2.22. The average molecular weight is 285 g/mol. The number of benzene rings is 1. The number of nitrogens with zero attached hydrogens (tertiary/aromatic N) is 4. The van der Waals surface area contributed by atoms with Gasteiger partial charge in [-0.3, -0.25) is 0 Å². The van der Waals surface area contributed by atoms with Gasteiger partial charge in [-0.05, 0) is 57.1 Å². The van der Waals surface area contributed by atoms with Gasteiger partial charge >= 0.3 is 0 Å². The largest absolute Gasteiger partial charge is 0.382 e. The van der Waals surface area contributed by atoms with E-state index >= 15 is 0 Å². The van der Waals surface area contributed by atoms with Crippen molar-refractivity contribution >= 4 is 5.69 Å². The summed E-state index contributed by atoms with van der Waals surface area (Å²) in [6, 6.07) is 9.19. The van der Waals surface area contributed by atoms with Gasteiger partial charge in [-0.2, -0.15) is 5.10 Å². The van der Waals surface area contributed by atoms with Crippen LogP contribution in [-0.4, -0.2) is 45.8 Å². The third kappa shape index (κ3) is 4.04. The number of rotatable bonds is 4. The Morgan fingerprint density at radius 1 is 1.29 bits per heavy atom. The van der Waals surface area contributed by atoms with Gasteiger partial charge in [0.25, 0.3) is 0 Å². The second kappa shape index (κ2) is 6.72. The summed E-state index contributed by atoms with van der Waals surface area (Å²) < 4.78 is 1.85. The minimum Gasteiger partial charge on any atom is -0.382 e. The van der Waals surface area contributed by atoms with E-state index in [1.807, 2.05) is 4.68 Å². The van der Waals surface area contributed by atoms with Gasteiger partial charge in [0.1, 0.15) is 12.7 Å². The highest BCUT2D eigenvalue weighted by Crippen LogP contribution is 2.18. The summed E-state index contributed by atoms with van der Waals surface area (Å²) >= 11 is 0. The van der Waals surface area contributed by atoms with Crippen molar-refractivity contribution in [3.05, 3.63) is 42.5 Å². The van der Waals surface area contributed by atoms with Crippen LogP contribution in [0.5, 0.6) is 0 Å². The molecule has 1 saturated heterocycles. The highest BCUT2D eigenvalue weighted by Gasteiger charge is 2.14. The predicted molar refractivity (Wildman–Crippen MR) is 84.3 cm³/mol. The van der Waals surface area contributed by atoms with E-state index < -0.39 is 0 Å². The quantitative estimate of drug-likeness (QED) is 0.935. The molecule has 1 aliphatic heterocycles. The highest BCUT2D eigenvalue weighted by atomic mass is 15.3. The lowest BCUT2D eigenvalue weighted by molar-refractivity contribution is 0.348. The van der Waals surface area contributed by atoms with E-state index in [0.717, 1.165) is 6.54 Å². The summed E-state index contributed by atoms with van der Waals surface area (Å²) in [6.07, 6.45) is 7.06. The van der Waals surface area contributed by atoms with Crippen LogP contribution in [0, 0.1) is 0 Å². The highest BCUT2D eigenvalue weighted by molar-refractivity contribution is 5.46. The summed E-state index contributed by atoms with van der Waals surface area (Å²) in [6.45, 7) is 3.16. The Morgan fingerprint density at radius 3 is 3.10 bits per heavy atom. The first-order valence-corrected chi connectivity index (χ1v) is 7.66. The molecule has 1 atom stereocenters. The Balaban J connectivity index is 1.62. The maximum atomic E-state index is 4.16. The smallest absolute Gasteiger partial charge is 0.137 e. The minimum absolute atomic E-state index is 0.580. The fourth-order valence-electron chi connectivity index (χ4n) is 2.88. The van der Waals surface area contributed by atoms with Gasteiger partial charge in [-0.25, -0.2) is 9.67 Å². The van der Waals surface area contributed by atoms with Gasteiger partial charge in [0, 0.05) is 11.7 Å². The molecule has 0 bridgehead atoms. The normalized spacial score (nSPS) is 20.1. The van der Waals surface area contributed by atoms with Crippen molar-refractivity contribution in [2.24, 2.45) is 0 Å². The molecule has 0 amide bonds. The van der Waals surface area contributed by atoms with Crippen LogP contribution in [0.15, 0.2) is 36.9 Å². The number of hydrogen-bond donors (Lipinski definition) is 1. The fourth-order valence-corrected chi connectivity index (χ4v) is 2.88. The molecule has 0 saturated carbocycles. The van der Waals surface area contributed by atoms with E-state index in [1.165, 1.54) is 43.6 Å². The van der Waals surface area contributed by atoms with Crippen LogP contribution in [0.3, 0.4) is 0 Å². The molecular formula is C16H23N5. The third-order valence-corrected chi connectivity index (χ3v) is 4.06. The second-order valence-corrected chi connectivity index (χ2v) is 5.87. The summed E-state index contributed by atoms with van der Waals surface area (Å²) in [5.74, 6) is 0. The molecule has 1 aromatic carbocycles. The second-order valence-electron chi connectivity index (χ2n) is 5.87. The molecule has 21 heavy (non-hydrogen) atoms. The Hall–Kier alpha value is -1.88. The number of hydrogen-bond acceptors (Lipinski definition) is 4. The van der Waals surface area contributed by atoms with Gasteiger partial charge in [-0.1, -0.05) is 12.1 Å². The van der Waals surface area contributed by atoms with Crippen LogP contribution in [0.1, 0.15) is 24.8 Å². The Labute approximate surface area is 126 Å². The molecule has 2 heterocycles. The summed E-state index contributed by atoms with van der Waals surface area (Å²) in [4.78, 5) is 6.40. The molecule has 1 unspecified atom stereocenters. The number of aromatic nitrogens is 3. The first-order valence-electron chi connectivity index (χ1n) is 7.66. The van der Waals surface area contributed by atoms with Crippen molar-refractivity contribution in [2.45, 2.75) is 31.8 Å². The average Bonchev–Trinajstić information content (AvgIpc) is 2.89. The van der Waals surface area contributed by atoms with Crippen LogP contribution in [0.25, 0.3) is 0 Å². The molecule has 0 spiro atoms. The monoisotopic (exact) mass is 285 g/mol. The van der Waals surface area contributed by atoms with Crippen molar-refractivity contribution in [3.63, 3.8) is 0 Å². The van der Waals surface area contributed by atoms with Gasteiger partial charge in [0.15, 0.2) is 0 Å². The summed E-state index contributed by atoms with van der Waals surface area (Å²) in [5.41, 5.74) is 2.46. The van der Waals surface area contributed by atoms with Crippen LogP contribution in [0.2, 0.25) is 0 Å². The molecule has 1 aliphatic rings. The summed E-state index contributed by atoms with van der Waals surface area (Å²) in [7, 11) is 2.21. The van der Waals surface area contributed by atoms with Crippen molar-refractivity contribution in [1.82, 2.24) is 19.7 Å². The molecule has 112 valence electrons. The lowest BCUT2D eigenvalue weighted by Gasteiger charge is -2.18. The van der Waals surface area contributed by atoms with Crippen LogP contribution in [-0.2, 0) is 6.54 Å². The van der Waals surface area contributed by atoms with Crippen molar-refractivity contribution in [3.8, 4) is 0 Å². The van der Waals surface area contributed by atoms with E-state index in [0.29, 0.717) is 6.04 Å². The lowest BCUT2D eigenvalue weighted by Crippen LogP contribution is -2.23. The first-order chi connectivity index (χ1) is 10.3. The molecule has 5 nitrogen and oxygen atoms in total. The van der Waals surface area contributed by atoms with E-state index in [1.54, 1.807) is 12.7 Å². The Bertz CT molecular complexity index is 552. The molecule has 5 heteroatoms. The third-order valence-electron chi connectivity index (χ3n) is 4.06. The molecule has 2 aromatic rings. The molecule has 3 rings (SSSR count). The molecule has 0 aliphatic carbocycles. The van der Waals surface area contributed by atoms with Gasteiger partial charge in [0.2, 0.25) is 0 Å². The number of anilines is 1. The zero-order chi connectivity index (χ0) is 14.5. The van der Waals surface area contributed by atoms with Gasteiger partial charge in [-0.15, -0.1) is 0 Å². The van der Waals surface area contributed by atoms with Crippen LogP contribution >= 0.6 is 0 Å². The van der Waals surface area contributed by atoms with Crippen molar-refractivity contribution in [2.75, 3.05) is 25.5 Å². The van der Waals surface area contributed by atoms with Crippen LogP contribution in [0.4, 0.5) is 5.69 Å². The number of nitrogens with one attached hydrogen (secondary N) is 1. The maximum Gasteiger partial charge on any atom is 0.137 e. The van der Waals surface area contributed by atoms with E-state index in [4.69, 9.17) is 0 Å².